The highest BCUT2D eigenvalue weighted by molar-refractivity contribution is 5.31. The molecule has 2 aromatic rings. The van der Waals surface area contributed by atoms with Crippen LogP contribution < -0.4 is 0 Å². The average Bonchev–Trinajstić information content (AvgIpc) is 2.48. The van der Waals surface area contributed by atoms with E-state index >= 15 is 0 Å². The molecule has 0 heterocycles. The van der Waals surface area contributed by atoms with Gasteiger partial charge in [0.1, 0.15) is 0 Å². The maximum Gasteiger partial charge on any atom is -0.0100 e. The summed E-state index contributed by atoms with van der Waals surface area (Å²) in [6.45, 7) is 16.0. The molecule has 0 atom stereocenters. The summed E-state index contributed by atoms with van der Waals surface area (Å²) in [4.78, 5) is 0. The van der Waals surface area contributed by atoms with Gasteiger partial charge in [0.25, 0.3) is 0 Å². The second-order valence-corrected chi connectivity index (χ2v) is 5.82. The van der Waals surface area contributed by atoms with Gasteiger partial charge in [0.05, 0.1) is 0 Å². The monoisotopic (exact) mass is 292 g/mol. The molecule has 0 N–H and O–H groups in total. The Balaban J connectivity index is 0.000000220. The molecule has 0 fully saturated rings. The third-order valence-electron chi connectivity index (χ3n) is 3.90. The number of rotatable bonds is 4. The normalized spacial score (nSPS) is 9.64. The van der Waals surface area contributed by atoms with Crippen LogP contribution >= 0.6 is 0 Å². The van der Waals surface area contributed by atoms with Gasteiger partial charge in [-0.2, -0.15) is 0 Å². The van der Waals surface area contributed by atoms with Gasteiger partial charge in [0.15, 0.2) is 0 Å². The predicted molar refractivity (Wildman–Crippen MR) is 99.6 cm³/mol. The molecular weight excluding hydrogens is 264 g/mol. The molecule has 0 saturated carbocycles. The fourth-order valence-electron chi connectivity index (χ4n) is 2.19. The van der Waals surface area contributed by atoms with Crippen LogP contribution in [0.5, 0.6) is 0 Å². The van der Waals surface area contributed by atoms with Gasteiger partial charge in [0.2, 0.25) is 0 Å². The molecule has 2 aromatic carbocycles. The molecule has 0 aliphatic rings. The summed E-state index contributed by atoms with van der Waals surface area (Å²) < 4.78 is 0. The van der Waals surface area contributed by atoms with Gasteiger partial charge < -0.3 is 0 Å². The minimum atomic E-state index is 0.973. The quantitative estimate of drug-likeness (QED) is 0.600. The van der Waals surface area contributed by atoms with Crippen molar-refractivity contribution in [2.24, 2.45) is 0 Å². The van der Waals surface area contributed by atoms with Gasteiger partial charge in [-0.05, 0) is 73.9 Å². The lowest BCUT2D eigenvalue weighted by atomic mass is 10.0. The number of aryl methyl sites for hydroxylation is 4. The van der Waals surface area contributed by atoms with E-state index in [0.29, 0.717) is 0 Å². The molecule has 0 heteroatoms. The van der Waals surface area contributed by atoms with E-state index in [0.717, 1.165) is 12.8 Å². The molecule has 0 saturated heterocycles. The molecule has 0 bridgehead atoms. The second-order valence-electron chi connectivity index (χ2n) is 5.82. The first-order valence-electron chi connectivity index (χ1n) is 7.82. The topological polar surface area (TPSA) is 0 Å². The number of allylic oxidation sites excluding steroid dienone is 2. The minimum absolute atomic E-state index is 0.973. The third kappa shape index (κ3) is 5.73. The lowest BCUT2D eigenvalue weighted by Gasteiger charge is -2.01. The highest BCUT2D eigenvalue weighted by Gasteiger charge is 1.93. The molecule has 0 nitrogen and oxygen atoms in total. The van der Waals surface area contributed by atoms with E-state index < -0.39 is 0 Å². The standard InChI is InChI=1S/2C11H14/c2*1-4-5-11-7-6-9(2)10(3)8-11/h2*4,6-8H,1,5H2,2-3H3. The predicted octanol–water partition coefficient (Wildman–Crippen LogP) is 6.06. The van der Waals surface area contributed by atoms with Crippen molar-refractivity contribution >= 4 is 0 Å². The Morgan fingerprint density at radius 1 is 0.636 bits per heavy atom. The summed E-state index contributed by atoms with van der Waals surface area (Å²) >= 11 is 0. The Labute approximate surface area is 136 Å². The van der Waals surface area contributed by atoms with Gasteiger partial charge in [-0.25, -0.2) is 0 Å². The van der Waals surface area contributed by atoms with Crippen LogP contribution in [0, 0.1) is 27.7 Å². The van der Waals surface area contributed by atoms with Gasteiger partial charge in [-0.15, -0.1) is 13.2 Å². The smallest absolute Gasteiger partial charge is 0.0100 e. The molecule has 0 aliphatic carbocycles. The molecule has 0 amide bonds. The first-order valence-corrected chi connectivity index (χ1v) is 7.82. The molecular formula is C22H28. The Morgan fingerprint density at radius 3 is 1.27 bits per heavy atom. The molecule has 2 rings (SSSR count). The van der Waals surface area contributed by atoms with E-state index in [4.69, 9.17) is 0 Å². The van der Waals surface area contributed by atoms with Crippen molar-refractivity contribution < 1.29 is 0 Å². The summed E-state index contributed by atoms with van der Waals surface area (Å²) in [5.41, 5.74) is 8.15. The third-order valence-corrected chi connectivity index (χ3v) is 3.90. The average molecular weight is 292 g/mol. The maximum absolute atomic E-state index is 3.71. The van der Waals surface area contributed by atoms with Gasteiger partial charge >= 0.3 is 0 Å². The van der Waals surface area contributed by atoms with Crippen molar-refractivity contribution in [1.29, 1.82) is 0 Å². The second kappa shape index (κ2) is 9.04. The van der Waals surface area contributed by atoms with Crippen LogP contribution in [0.2, 0.25) is 0 Å². The van der Waals surface area contributed by atoms with Crippen LogP contribution in [0.15, 0.2) is 61.7 Å². The molecule has 0 radical (unpaired) electrons. The molecule has 22 heavy (non-hydrogen) atoms. The summed E-state index contributed by atoms with van der Waals surface area (Å²) in [6.07, 6.45) is 5.82. The number of hydrogen-bond acceptors (Lipinski definition) is 0. The van der Waals surface area contributed by atoms with Gasteiger partial charge in [-0.3, -0.25) is 0 Å². The molecule has 0 aromatic heterocycles. The lowest BCUT2D eigenvalue weighted by Crippen LogP contribution is -1.85. The van der Waals surface area contributed by atoms with E-state index in [-0.39, 0.29) is 0 Å². The van der Waals surface area contributed by atoms with E-state index in [1.807, 2.05) is 12.2 Å². The Hall–Kier alpha value is -2.08. The summed E-state index contributed by atoms with van der Waals surface area (Å²) in [6, 6.07) is 13.1. The van der Waals surface area contributed by atoms with Crippen LogP contribution in [0.4, 0.5) is 0 Å². The Kier molecular flexibility index (Phi) is 7.39. The maximum atomic E-state index is 3.71. The van der Waals surface area contributed by atoms with Crippen molar-refractivity contribution in [1.82, 2.24) is 0 Å². The van der Waals surface area contributed by atoms with Crippen LogP contribution in [-0.4, -0.2) is 0 Å². The minimum Gasteiger partial charge on any atom is -0.103 e. The van der Waals surface area contributed by atoms with E-state index in [1.165, 1.54) is 33.4 Å². The molecule has 116 valence electrons. The zero-order chi connectivity index (χ0) is 16.5. The number of hydrogen-bond donors (Lipinski definition) is 0. The van der Waals surface area contributed by atoms with Crippen molar-refractivity contribution in [2.75, 3.05) is 0 Å². The highest BCUT2D eigenvalue weighted by Crippen LogP contribution is 2.10. The summed E-state index contributed by atoms with van der Waals surface area (Å²) in [5.74, 6) is 0. The van der Waals surface area contributed by atoms with Crippen molar-refractivity contribution in [3.05, 3.63) is 95.1 Å². The first-order chi connectivity index (χ1) is 10.5. The van der Waals surface area contributed by atoms with Crippen LogP contribution in [0.3, 0.4) is 0 Å². The molecule has 0 spiro atoms. The Bertz CT molecular complexity index is 575. The van der Waals surface area contributed by atoms with E-state index in [1.54, 1.807) is 0 Å². The van der Waals surface area contributed by atoms with Gasteiger partial charge in [0, 0.05) is 0 Å². The van der Waals surface area contributed by atoms with Crippen LogP contribution in [0.1, 0.15) is 33.4 Å². The van der Waals surface area contributed by atoms with E-state index in [9.17, 15) is 0 Å². The summed E-state index contributed by atoms with van der Waals surface area (Å²) in [7, 11) is 0. The zero-order valence-corrected chi connectivity index (χ0v) is 14.4. The molecule has 0 unspecified atom stereocenters. The van der Waals surface area contributed by atoms with E-state index in [2.05, 4.69) is 77.3 Å². The van der Waals surface area contributed by atoms with Crippen LogP contribution in [-0.2, 0) is 12.8 Å². The van der Waals surface area contributed by atoms with Crippen molar-refractivity contribution in [3.8, 4) is 0 Å². The van der Waals surface area contributed by atoms with Crippen molar-refractivity contribution in [2.45, 2.75) is 40.5 Å². The zero-order valence-electron chi connectivity index (χ0n) is 14.4. The van der Waals surface area contributed by atoms with Crippen molar-refractivity contribution in [3.63, 3.8) is 0 Å². The fourth-order valence-corrected chi connectivity index (χ4v) is 2.19. The SMILES string of the molecule is C=CCc1ccc(C)c(C)c1.C=CCc1ccc(C)c(C)c1. The van der Waals surface area contributed by atoms with Crippen LogP contribution in [0.25, 0.3) is 0 Å². The Morgan fingerprint density at radius 2 is 1.00 bits per heavy atom. The summed E-state index contributed by atoms with van der Waals surface area (Å²) in [5, 5.41) is 0. The number of benzene rings is 2. The largest absolute Gasteiger partial charge is 0.103 e. The highest BCUT2D eigenvalue weighted by atomic mass is 14.0. The molecule has 0 aliphatic heterocycles. The lowest BCUT2D eigenvalue weighted by molar-refractivity contribution is 1.22. The fraction of sp³-hybridized carbons (Fsp3) is 0.273. The first kappa shape index (κ1) is 18.0. The van der Waals surface area contributed by atoms with Gasteiger partial charge in [-0.1, -0.05) is 48.6 Å².